The lowest BCUT2D eigenvalue weighted by molar-refractivity contribution is 0.0473. The molecule has 150 valence electrons. The van der Waals surface area contributed by atoms with Crippen molar-refractivity contribution in [3.63, 3.8) is 0 Å². The molecule has 1 aromatic heterocycles. The molecule has 0 aliphatic heterocycles. The summed E-state index contributed by atoms with van der Waals surface area (Å²) >= 11 is 0. The van der Waals surface area contributed by atoms with Gasteiger partial charge in [-0.3, -0.25) is 4.90 Å². The summed E-state index contributed by atoms with van der Waals surface area (Å²) in [6, 6.07) is 16.4. The average Bonchev–Trinajstić information content (AvgIpc) is 3.09. The van der Waals surface area contributed by atoms with E-state index in [2.05, 4.69) is 5.10 Å². The number of esters is 1. The van der Waals surface area contributed by atoms with E-state index in [9.17, 15) is 9.59 Å². The van der Waals surface area contributed by atoms with E-state index in [1.165, 1.54) is 19.1 Å². The zero-order valence-electron chi connectivity index (χ0n) is 16.9. The Kier molecular flexibility index (Phi) is 5.97. The predicted molar refractivity (Wildman–Crippen MR) is 109 cm³/mol. The Morgan fingerprint density at radius 1 is 1.07 bits per heavy atom. The molecule has 0 bridgehead atoms. The Balaban J connectivity index is 1.70. The predicted octanol–water partition coefficient (Wildman–Crippen LogP) is 4.05. The minimum absolute atomic E-state index is 0.118. The Morgan fingerprint density at radius 2 is 1.76 bits per heavy atom. The summed E-state index contributed by atoms with van der Waals surface area (Å²) in [5.74, 6) is -0.515. The van der Waals surface area contributed by atoms with Gasteiger partial charge in [0.05, 0.1) is 29.7 Å². The molecule has 0 saturated carbocycles. The van der Waals surface area contributed by atoms with Crippen LogP contribution in [0.1, 0.15) is 27.3 Å². The van der Waals surface area contributed by atoms with Crippen LogP contribution in [-0.2, 0) is 16.1 Å². The normalized spacial score (nSPS) is 10.5. The van der Waals surface area contributed by atoms with E-state index in [4.69, 9.17) is 9.47 Å². The third-order valence-corrected chi connectivity index (χ3v) is 4.49. The molecule has 7 nitrogen and oxygen atoms in total. The molecular formula is C22H23N3O4. The van der Waals surface area contributed by atoms with Gasteiger partial charge in [0.15, 0.2) is 0 Å². The first-order chi connectivity index (χ1) is 13.9. The minimum Gasteiger partial charge on any atom is -0.457 e. The zero-order chi connectivity index (χ0) is 21.0. The fourth-order valence-corrected chi connectivity index (χ4v) is 3.02. The molecule has 1 amide bonds. The number of carbonyl (C=O) groups is 2. The molecule has 3 aromatic rings. The maximum atomic E-state index is 12.6. The number of hydrogen-bond donors (Lipinski definition) is 0. The highest BCUT2D eigenvalue weighted by molar-refractivity contribution is 6.00. The number of anilines is 1. The van der Waals surface area contributed by atoms with E-state index in [0.717, 1.165) is 22.6 Å². The van der Waals surface area contributed by atoms with E-state index >= 15 is 0 Å². The van der Waals surface area contributed by atoms with Gasteiger partial charge in [0.2, 0.25) is 0 Å². The number of nitrogens with zero attached hydrogens (tertiary/aromatic N) is 3. The Bertz CT molecular complexity index is 1020. The van der Waals surface area contributed by atoms with Crippen molar-refractivity contribution in [1.29, 1.82) is 0 Å². The van der Waals surface area contributed by atoms with Crippen molar-refractivity contribution >= 4 is 17.7 Å². The largest absolute Gasteiger partial charge is 0.457 e. The standard InChI is InChI=1S/C22H23N3O4/c1-15-13-16(2)25(23-15)18-11-9-17(10-12-18)14-29-21(26)19-7-5-6-8-20(19)24(3)22(27)28-4/h5-13H,14H2,1-4H3. The molecule has 0 aliphatic rings. The number of aryl methyl sites for hydroxylation is 2. The molecular weight excluding hydrogens is 370 g/mol. The average molecular weight is 393 g/mol. The lowest BCUT2D eigenvalue weighted by atomic mass is 10.1. The van der Waals surface area contributed by atoms with E-state index in [-0.39, 0.29) is 6.61 Å². The van der Waals surface area contributed by atoms with Crippen molar-refractivity contribution in [3.05, 3.63) is 77.1 Å². The third-order valence-electron chi connectivity index (χ3n) is 4.49. The second-order valence-electron chi connectivity index (χ2n) is 6.63. The van der Waals surface area contributed by atoms with Crippen LogP contribution >= 0.6 is 0 Å². The molecule has 7 heteroatoms. The number of carbonyl (C=O) groups excluding carboxylic acids is 2. The van der Waals surface area contributed by atoms with Gasteiger partial charge in [-0.2, -0.15) is 5.10 Å². The van der Waals surface area contributed by atoms with E-state index in [1.807, 2.05) is 48.9 Å². The molecule has 29 heavy (non-hydrogen) atoms. The monoisotopic (exact) mass is 393 g/mol. The molecule has 0 spiro atoms. The SMILES string of the molecule is COC(=O)N(C)c1ccccc1C(=O)OCc1ccc(-n2nc(C)cc2C)cc1. The van der Waals surface area contributed by atoms with Crippen LogP contribution in [0.5, 0.6) is 0 Å². The molecule has 0 atom stereocenters. The maximum absolute atomic E-state index is 12.6. The molecule has 3 rings (SSSR count). The fraction of sp³-hybridized carbons (Fsp3) is 0.227. The minimum atomic E-state index is -0.565. The second-order valence-corrected chi connectivity index (χ2v) is 6.63. The lowest BCUT2D eigenvalue weighted by Crippen LogP contribution is -2.27. The summed E-state index contributed by atoms with van der Waals surface area (Å²) in [6.07, 6.45) is -0.565. The van der Waals surface area contributed by atoms with E-state index < -0.39 is 12.1 Å². The van der Waals surface area contributed by atoms with Crippen LogP contribution in [0.3, 0.4) is 0 Å². The molecule has 0 N–H and O–H groups in total. The smallest absolute Gasteiger partial charge is 0.413 e. The van der Waals surface area contributed by atoms with E-state index in [1.54, 1.807) is 24.3 Å². The number of benzene rings is 2. The highest BCUT2D eigenvalue weighted by atomic mass is 16.5. The molecule has 0 saturated heterocycles. The summed E-state index contributed by atoms with van der Waals surface area (Å²) in [5.41, 5.74) is 4.51. The number of rotatable bonds is 5. The molecule has 0 fully saturated rings. The van der Waals surface area contributed by atoms with Crippen LogP contribution in [0.2, 0.25) is 0 Å². The lowest BCUT2D eigenvalue weighted by Gasteiger charge is -2.18. The van der Waals surface area contributed by atoms with Crippen LogP contribution in [0.4, 0.5) is 10.5 Å². The van der Waals surface area contributed by atoms with E-state index in [0.29, 0.717) is 11.3 Å². The molecule has 0 unspecified atom stereocenters. The first-order valence-electron chi connectivity index (χ1n) is 9.11. The van der Waals surface area contributed by atoms with Crippen molar-refractivity contribution in [2.75, 3.05) is 19.1 Å². The summed E-state index contributed by atoms with van der Waals surface area (Å²) in [7, 11) is 2.82. The maximum Gasteiger partial charge on any atom is 0.413 e. The summed E-state index contributed by atoms with van der Waals surface area (Å²) in [6.45, 7) is 4.07. The van der Waals surface area contributed by atoms with Gasteiger partial charge in [-0.15, -0.1) is 0 Å². The highest BCUT2D eigenvalue weighted by Crippen LogP contribution is 2.21. The highest BCUT2D eigenvalue weighted by Gasteiger charge is 2.19. The van der Waals surface area contributed by atoms with Crippen LogP contribution in [0.15, 0.2) is 54.6 Å². The van der Waals surface area contributed by atoms with Crippen molar-refractivity contribution in [2.45, 2.75) is 20.5 Å². The van der Waals surface area contributed by atoms with Gasteiger partial charge < -0.3 is 9.47 Å². The Labute approximate surface area is 169 Å². The van der Waals surface area contributed by atoms with Gasteiger partial charge in [0.1, 0.15) is 6.61 Å². The van der Waals surface area contributed by atoms with Gasteiger partial charge in [-0.1, -0.05) is 24.3 Å². The van der Waals surface area contributed by atoms with Crippen molar-refractivity contribution in [2.24, 2.45) is 0 Å². The topological polar surface area (TPSA) is 73.7 Å². The first kappa shape index (κ1) is 20.1. The van der Waals surface area contributed by atoms with Crippen molar-refractivity contribution < 1.29 is 19.1 Å². The number of para-hydroxylation sites is 1. The second kappa shape index (κ2) is 8.60. The molecule has 0 aliphatic carbocycles. The molecule has 0 radical (unpaired) electrons. The number of hydrogen-bond acceptors (Lipinski definition) is 5. The van der Waals surface area contributed by atoms with Gasteiger partial charge in [-0.05, 0) is 49.7 Å². The number of ether oxygens (including phenoxy) is 2. The molecule has 1 heterocycles. The van der Waals surface area contributed by atoms with Crippen LogP contribution in [-0.4, -0.2) is 36.0 Å². The summed E-state index contributed by atoms with van der Waals surface area (Å²) in [4.78, 5) is 25.6. The van der Waals surface area contributed by atoms with Crippen LogP contribution in [0, 0.1) is 13.8 Å². The number of amides is 1. The van der Waals surface area contributed by atoms with Crippen LogP contribution in [0.25, 0.3) is 5.69 Å². The number of aromatic nitrogens is 2. The van der Waals surface area contributed by atoms with Crippen molar-refractivity contribution in [3.8, 4) is 5.69 Å². The Morgan fingerprint density at radius 3 is 2.38 bits per heavy atom. The van der Waals surface area contributed by atoms with Gasteiger partial charge >= 0.3 is 12.1 Å². The fourth-order valence-electron chi connectivity index (χ4n) is 3.02. The van der Waals surface area contributed by atoms with Crippen molar-refractivity contribution in [1.82, 2.24) is 9.78 Å². The van der Waals surface area contributed by atoms with Gasteiger partial charge in [-0.25, -0.2) is 14.3 Å². The number of methoxy groups -OCH3 is 1. The summed E-state index contributed by atoms with van der Waals surface area (Å²) < 4.78 is 12.0. The zero-order valence-corrected chi connectivity index (χ0v) is 16.9. The third kappa shape index (κ3) is 4.45. The Hall–Kier alpha value is -3.61. The quantitative estimate of drug-likeness (QED) is 0.612. The molecule has 2 aromatic carbocycles. The van der Waals surface area contributed by atoms with Crippen LogP contribution < -0.4 is 4.90 Å². The first-order valence-corrected chi connectivity index (χ1v) is 9.11. The summed E-state index contributed by atoms with van der Waals surface area (Å²) in [5, 5.41) is 4.46. The van der Waals surface area contributed by atoms with Gasteiger partial charge in [0.25, 0.3) is 0 Å². The van der Waals surface area contributed by atoms with Gasteiger partial charge in [0, 0.05) is 12.7 Å².